The molecule has 122 valence electrons. The Morgan fingerprint density at radius 2 is 1.86 bits per heavy atom. The highest BCUT2D eigenvalue weighted by Crippen LogP contribution is 2.15. The summed E-state index contributed by atoms with van der Waals surface area (Å²) in [6.07, 6.45) is 0. The van der Waals surface area contributed by atoms with Crippen molar-refractivity contribution in [1.82, 2.24) is 25.3 Å². The van der Waals surface area contributed by atoms with Crippen LogP contribution in [0.4, 0.5) is 0 Å². The molecule has 2 saturated heterocycles. The fourth-order valence-electron chi connectivity index (χ4n) is 3.12. The maximum atomic E-state index is 12.6. The van der Waals surface area contributed by atoms with Crippen LogP contribution >= 0.6 is 0 Å². The van der Waals surface area contributed by atoms with E-state index < -0.39 is 5.54 Å². The van der Waals surface area contributed by atoms with Gasteiger partial charge in [0.2, 0.25) is 5.91 Å². The molecule has 0 saturated carbocycles. The van der Waals surface area contributed by atoms with Gasteiger partial charge in [-0.1, -0.05) is 0 Å². The minimum absolute atomic E-state index is 0.144. The second-order valence-electron chi connectivity index (χ2n) is 6.90. The molecule has 2 aliphatic heterocycles. The molecule has 21 heavy (non-hydrogen) atoms. The van der Waals surface area contributed by atoms with Gasteiger partial charge in [0.05, 0.1) is 5.54 Å². The summed E-state index contributed by atoms with van der Waals surface area (Å²) < 4.78 is 0. The number of rotatable bonds is 4. The van der Waals surface area contributed by atoms with Gasteiger partial charge in [0.1, 0.15) is 0 Å². The Bertz CT molecular complexity index is 354. The molecular formula is C15H31N5O. The highest BCUT2D eigenvalue weighted by atomic mass is 16.2. The number of likely N-dealkylation sites (N-methyl/N-ethyl adjacent to an activating group) is 2. The normalized spacial score (nSPS) is 26.8. The van der Waals surface area contributed by atoms with Crippen LogP contribution in [-0.2, 0) is 4.79 Å². The largest absolute Gasteiger partial charge is 0.353 e. The summed E-state index contributed by atoms with van der Waals surface area (Å²) in [5, 5.41) is 6.51. The molecular weight excluding hydrogens is 266 g/mol. The second kappa shape index (κ2) is 7.05. The Hall–Kier alpha value is -0.690. The monoisotopic (exact) mass is 297 g/mol. The van der Waals surface area contributed by atoms with Gasteiger partial charge < -0.3 is 15.5 Å². The van der Waals surface area contributed by atoms with Gasteiger partial charge in [-0.25, -0.2) is 0 Å². The Kier molecular flexibility index (Phi) is 5.60. The summed E-state index contributed by atoms with van der Waals surface area (Å²) in [5.74, 6) is 0.144. The maximum absolute atomic E-state index is 12.6. The van der Waals surface area contributed by atoms with E-state index in [4.69, 9.17) is 0 Å². The van der Waals surface area contributed by atoms with E-state index in [0.717, 1.165) is 52.4 Å². The average Bonchev–Trinajstić information content (AvgIpc) is 2.48. The maximum Gasteiger partial charge on any atom is 0.240 e. The van der Waals surface area contributed by atoms with E-state index in [0.29, 0.717) is 6.04 Å². The van der Waals surface area contributed by atoms with E-state index in [2.05, 4.69) is 39.4 Å². The molecule has 6 heteroatoms. The summed E-state index contributed by atoms with van der Waals surface area (Å²) in [4.78, 5) is 19.5. The van der Waals surface area contributed by atoms with E-state index in [9.17, 15) is 4.79 Å². The number of nitrogens with zero attached hydrogens (tertiary/aromatic N) is 3. The molecule has 2 heterocycles. The molecule has 2 aliphatic rings. The zero-order chi connectivity index (χ0) is 15.5. The van der Waals surface area contributed by atoms with E-state index in [-0.39, 0.29) is 5.91 Å². The molecule has 2 fully saturated rings. The minimum Gasteiger partial charge on any atom is -0.353 e. The van der Waals surface area contributed by atoms with Gasteiger partial charge >= 0.3 is 0 Å². The van der Waals surface area contributed by atoms with Crippen LogP contribution < -0.4 is 10.6 Å². The molecule has 1 unspecified atom stereocenters. The molecule has 6 nitrogen and oxygen atoms in total. The molecule has 0 aromatic carbocycles. The number of piperazine rings is 2. The van der Waals surface area contributed by atoms with Crippen molar-refractivity contribution in [2.75, 3.05) is 66.5 Å². The highest BCUT2D eigenvalue weighted by Gasteiger charge is 2.35. The third kappa shape index (κ3) is 4.16. The number of amides is 1. The average molecular weight is 297 g/mol. The highest BCUT2D eigenvalue weighted by molar-refractivity contribution is 5.85. The fraction of sp³-hybridized carbons (Fsp3) is 0.933. The third-order valence-corrected chi connectivity index (χ3v) is 4.94. The Morgan fingerprint density at radius 1 is 1.19 bits per heavy atom. The first kappa shape index (κ1) is 16.7. The number of carbonyl (C=O) groups is 1. The molecule has 0 spiro atoms. The van der Waals surface area contributed by atoms with Gasteiger partial charge in [-0.2, -0.15) is 0 Å². The summed E-state index contributed by atoms with van der Waals surface area (Å²) in [6, 6.07) is 0.409. The lowest BCUT2D eigenvalue weighted by Gasteiger charge is -2.41. The van der Waals surface area contributed by atoms with Crippen LogP contribution in [0.2, 0.25) is 0 Å². The van der Waals surface area contributed by atoms with Crippen LogP contribution in [0.5, 0.6) is 0 Å². The molecule has 1 atom stereocenters. The van der Waals surface area contributed by atoms with E-state index >= 15 is 0 Å². The first-order valence-electron chi connectivity index (χ1n) is 8.04. The van der Waals surface area contributed by atoms with Gasteiger partial charge in [-0.3, -0.25) is 14.6 Å². The number of hydrogen-bond donors (Lipinski definition) is 2. The number of nitrogens with one attached hydrogen (secondary N) is 2. The zero-order valence-corrected chi connectivity index (χ0v) is 14.0. The molecule has 0 aromatic heterocycles. The third-order valence-electron chi connectivity index (χ3n) is 4.94. The Balaban J connectivity index is 1.85. The summed E-state index contributed by atoms with van der Waals surface area (Å²) in [5.41, 5.74) is -0.429. The number of carbonyl (C=O) groups excluding carboxylic acids is 1. The Morgan fingerprint density at radius 3 is 2.52 bits per heavy atom. The predicted molar refractivity (Wildman–Crippen MR) is 85.4 cm³/mol. The van der Waals surface area contributed by atoms with E-state index in [1.54, 1.807) is 0 Å². The van der Waals surface area contributed by atoms with E-state index in [1.807, 2.05) is 13.8 Å². The van der Waals surface area contributed by atoms with Gasteiger partial charge in [0.25, 0.3) is 0 Å². The van der Waals surface area contributed by atoms with E-state index in [1.165, 1.54) is 0 Å². The van der Waals surface area contributed by atoms with Crippen molar-refractivity contribution < 1.29 is 4.79 Å². The van der Waals surface area contributed by atoms with Crippen LogP contribution in [-0.4, -0.2) is 98.6 Å². The van der Waals surface area contributed by atoms with Crippen molar-refractivity contribution >= 4 is 5.91 Å². The molecule has 0 bridgehead atoms. The second-order valence-corrected chi connectivity index (χ2v) is 6.90. The minimum atomic E-state index is -0.429. The zero-order valence-electron chi connectivity index (χ0n) is 14.0. The van der Waals surface area contributed by atoms with Crippen LogP contribution in [0.3, 0.4) is 0 Å². The van der Waals surface area contributed by atoms with Crippen molar-refractivity contribution in [1.29, 1.82) is 0 Å². The van der Waals surface area contributed by atoms with Gasteiger partial charge in [-0.05, 0) is 27.9 Å². The molecule has 0 radical (unpaired) electrons. The first-order chi connectivity index (χ1) is 9.91. The molecule has 0 aliphatic carbocycles. The quantitative estimate of drug-likeness (QED) is 0.699. The summed E-state index contributed by atoms with van der Waals surface area (Å²) in [7, 11) is 4.29. The molecule has 2 N–H and O–H groups in total. The molecule has 1 amide bonds. The lowest BCUT2D eigenvalue weighted by molar-refractivity contribution is -0.132. The van der Waals surface area contributed by atoms with Crippen molar-refractivity contribution in [3.63, 3.8) is 0 Å². The van der Waals surface area contributed by atoms with Crippen molar-refractivity contribution in [2.45, 2.75) is 25.4 Å². The summed E-state index contributed by atoms with van der Waals surface area (Å²) in [6.45, 7) is 11.8. The predicted octanol–water partition coefficient (Wildman–Crippen LogP) is -0.968. The van der Waals surface area contributed by atoms with Crippen LogP contribution in [0.25, 0.3) is 0 Å². The smallest absolute Gasteiger partial charge is 0.240 e. The topological polar surface area (TPSA) is 50.9 Å². The van der Waals surface area contributed by atoms with Gasteiger partial charge in [0, 0.05) is 58.4 Å². The van der Waals surface area contributed by atoms with Crippen molar-refractivity contribution in [2.24, 2.45) is 0 Å². The van der Waals surface area contributed by atoms with Gasteiger partial charge in [-0.15, -0.1) is 0 Å². The standard InChI is InChI=1S/C15H31N5O/c1-15(2,20-7-5-16-6-8-20)14(21)17-11-13-12-18(3)9-10-19(13)4/h13,16H,5-12H2,1-4H3,(H,17,21). The van der Waals surface area contributed by atoms with Crippen LogP contribution in [0.15, 0.2) is 0 Å². The fourth-order valence-corrected chi connectivity index (χ4v) is 3.12. The molecule has 0 aromatic rings. The van der Waals surface area contributed by atoms with Crippen LogP contribution in [0.1, 0.15) is 13.8 Å². The Labute approximate surface area is 128 Å². The SMILES string of the molecule is CN1CCN(C)C(CNC(=O)C(C)(C)N2CCNCC2)C1. The van der Waals surface area contributed by atoms with Crippen LogP contribution in [0, 0.1) is 0 Å². The lowest BCUT2D eigenvalue weighted by Crippen LogP contribution is -2.62. The molecule has 2 rings (SSSR count). The lowest BCUT2D eigenvalue weighted by atomic mass is 10.00. The summed E-state index contributed by atoms with van der Waals surface area (Å²) >= 11 is 0. The van der Waals surface area contributed by atoms with Crippen molar-refractivity contribution in [3.8, 4) is 0 Å². The first-order valence-corrected chi connectivity index (χ1v) is 8.04. The number of hydrogen-bond acceptors (Lipinski definition) is 5. The van der Waals surface area contributed by atoms with Crippen molar-refractivity contribution in [3.05, 3.63) is 0 Å². The van der Waals surface area contributed by atoms with Gasteiger partial charge in [0.15, 0.2) is 0 Å².